The smallest absolute Gasteiger partial charge is 0.339 e. The number of quaternary nitrogens is 1. The van der Waals surface area contributed by atoms with Crippen LogP contribution in [-0.4, -0.2) is 43.2 Å². The van der Waals surface area contributed by atoms with Crippen LogP contribution in [0.15, 0.2) is 12.1 Å². The molecule has 0 amide bonds. The van der Waals surface area contributed by atoms with Gasteiger partial charge in [-0.2, -0.15) is 0 Å². The average molecular weight is 654 g/mol. The molecule has 1 heterocycles. The van der Waals surface area contributed by atoms with Crippen molar-refractivity contribution in [2.24, 2.45) is 5.92 Å². The quantitative estimate of drug-likeness (QED) is 0.201. The lowest BCUT2D eigenvalue weighted by Gasteiger charge is -2.42. The summed E-state index contributed by atoms with van der Waals surface area (Å²) in [5, 5.41) is 0. The Hall–Kier alpha value is 0.840. The van der Waals surface area contributed by atoms with Crippen molar-refractivity contribution >= 4 is 73.7 Å². The van der Waals surface area contributed by atoms with E-state index in [9.17, 15) is 4.79 Å². The summed E-state index contributed by atoms with van der Waals surface area (Å²) in [6, 6.07) is 4.00. The van der Waals surface area contributed by atoms with E-state index in [0.717, 1.165) is 41.1 Å². The summed E-state index contributed by atoms with van der Waals surface area (Å²) >= 11 is 6.75. The number of carbonyl (C=O) groups is 1. The second-order valence-corrected chi connectivity index (χ2v) is 10.9. The van der Waals surface area contributed by atoms with Gasteiger partial charge < -0.3 is 9.22 Å². The lowest BCUT2D eigenvalue weighted by molar-refractivity contribution is -0.896. The molecule has 0 atom stereocenters. The first kappa shape index (κ1) is 20.2. The van der Waals surface area contributed by atoms with Crippen molar-refractivity contribution < 1.29 is 14.0 Å². The largest absolute Gasteiger partial charge is 0.456 e. The molecule has 1 aromatic carbocycles. The molecular weight excluding hydrogens is 631 g/mol. The van der Waals surface area contributed by atoms with Gasteiger partial charge in [0.2, 0.25) is 0 Å². The fraction of sp³-hybridized carbons (Fsp3) is 0.588. The Morgan fingerprint density at radius 1 is 1.17 bits per heavy atom. The summed E-state index contributed by atoms with van der Waals surface area (Å²) in [5.41, 5.74) is 0.259. The highest BCUT2D eigenvalue weighted by atomic mass is 127. The molecule has 0 aliphatic carbocycles. The van der Waals surface area contributed by atoms with Crippen LogP contribution < -0.4 is 0 Å². The van der Waals surface area contributed by atoms with Crippen molar-refractivity contribution in [2.75, 3.05) is 27.2 Å². The maximum Gasteiger partial charge on any atom is 0.339 e. The summed E-state index contributed by atoms with van der Waals surface area (Å²) in [7, 11) is 4.54. The van der Waals surface area contributed by atoms with Crippen molar-refractivity contribution in [1.82, 2.24) is 0 Å². The maximum absolute atomic E-state index is 12.7. The van der Waals surface area contributed by atoms with Crippen LogP contribution in [0.2, 0.25) is 0 Å². The summed E-state index contributed by atoms with van der Waals surface area (Å²) in [6.07, 6.45) is 2.21. The third-order valence-corrected chi connectivity index (χ3v) is 8.39. The number of halogens is 3. The van der Waals surface area contributed by atoms with Crippen molar-refractivity contribution in [3.8, 4) is 0 Å². The molecule has 1 saturated heterocycles. The summed E-state index contributed by atoms with van der Waals surface area (Å²) in [6.45, 7) is 6.41. The Morgan fingerprint density at radius 3 is 2.30 bits per heavy atom. The van der Waals surface area contributed by atoms with Gasteiger partial charge in [0.05, 0.1) is 32.7 Å². The van der Waals surface area contributed by atoms with Crippen molar-refractivity contribution in [2.45, 2.75) is 32.3 Å². The second kappa shape index (κ2) is 7.61. The normalized spacial score (nSPS) is 18.7. The number of rotatable bonds is 3. The van der Waals surface area contributed by atoms with E-state index in [1.807, 2.05) is 6.07 Å². The van der Waals surface area contributed by atoms with Gasteiger partial charge in [-0.1, -0.05) is 0 Å². The first-order valence-corrected chi connectivity index (χ1v) is 11.0. The number of ether oxygens (including phenoxy) is 1. The number of benzene rings is 1. The summed E-state index contributed by atoms with van der Waals surface area (Å²) in [4.78, 5) is 12.7. The van der Waals surface area contributed by atoms with Crippen LogP contribution in [0.25, 0.3) is 0 Å². The Balaban J connectivity index is 2.13. The molecular formula is C17H23I3NO2+. The predicted octanol–water partition coefficient (Wildman–Crippen LogP) is 4.92. The molecule has 0 unspecified atom stereocenters. The molecule has 1 fully saturated rings. The lowest BCUT2D eigenvalue weighted by Crippen LogP contribution is -2.50. The zero-order valence-electron chi connectivity index (χ0n) is 14.0. The zero-order chi connectivity index (χ0) is 17.4. The Morgan fingerprint density at radius 2 is 1.74 bits per heavy atom. The van der Waals surface area contributed by atoms with Gasteiger partial charge >= 0.3 is 5.97 Å². The van der Waals surface area contributed by atoms with Gasteiger partial charge in [-0.05, 0) is 93.8 Å². The standard InChI is InChI=1S/C17H23I3NO2/c1-17(2,11-5-7-21(3,4)8-6-11)23-16(22)13-9-12(18)10-14(19)15(13)20/h9-11H,5-8H2,1-4H3/q+1. The van der Waals surface area contributed by atoms with Gasteiger partial charge in [-0.3, -0.25) is 0 Å². The first-order chi connectivity index (χ1) is 10.5. The van der Waals surface area contributed by atoms with Crippen LogP contribution in [0.1, 0.15) is 37.0 Å². The Labute approximate surface area is 179 Å². The molecule has 0 aromatic heterocycles. The highest BCUT2D eigenvalue weighted by Crippen LogP contribution is 2.34. The van der Waals surface area contributed by atoms with E-state index in [1.165, 1.54) is 0 Å². The number of piperidine rings is 1. The number of carbonyl (C=O) groups excluding carboxylic acids is 1. The van der Waals surface area contributed by atoms with E-state index >= 15 is 0 Å². The lowest BCUT2D eigenvalue weighted by atomic mass is 9.82. The van der Waals surface area contributed by atoms with Crippen LogP contribution >= 0.6 is 67.8 Å². The van der Waals surface area contributed by atoms with Crippen molar-refractivity contribution in [3.63, 3.8) is 0 Å². The fourth-order valence-corrected chi connectivity index (χ4v) is 5.42. The summed E-state index contributed by atoms with van der Waals surface area (Å²) < 4.78 is 10.2. The van der Waals surface area contributed by atoms with E-state index in [1.54, 1.807) is 0 Å². The van der Waals surface area contributed by atoms with Gasteiger partial charge in [0.15, 0.2) is 0 Å². The van der Waals surface area contributed by atoms with Gasteiger partial charge in [-0.15, -0.1) is 0 Å². The molecule has 128 valence electrons. The van der Waals surface area contributed by atoms with Gasteiger partial charge in [-0.25, -0.2) is 4.79 Å². The number of likely N-dealkylation sites (tertiary alicyclic amines) is 1. The molecule has 1 aromatic rings. The topological polar surface area (TPSA) is 26.3 Å². The number of hydrogen-bond donors (Lipinski definition) is 0. The average Bonchev–Trinajstić information content (AvgIpc) is 2.41. The minimum Gasteiger partial charge on any atom is -0.456 e. The number of esters is 1. The third-order valence-electron chi connectivity index (χ3n) is 4.72. The minimum atomic E-state index is -0.423. The monoisotopic (exact) mass is 654 g/mol. The minimum absolute atomic E-state index is 0.199. The molecule has 6 heteroatoms. The molecule has 0 bridgehead atoms. The third kappa shape index (κ3) is 5.16. The highest BCUT2D eigenvalue weighted by Gasteiger charge is 2.39. The van der Waals surface area contributed by atoms with E-state index < -0.39 is 5.60 Å². The van der Waals surface area contributed by atoms with Crippen molar-refractivity contribution in [1.29, 1.82) is 0 Å². The van der Waals surface area contributed by atoms with E-state index in [-0.39, 0.29) is 5.97 Å². The van der Waals surface area contributed by atoms with Gasteiger partial charge in [0.1, 0.15) is 5.60 Å². The van der Waals surface area contributed by atoms with Crippen molar-refractivity contribution in [3.05, 3.63) is 28.4 Å². The van der Waals surface area contributed by atoms with Crippen LogP contribution in [0.3, 0.4) is 0 Å². The maximum atomic E-state index is 12.7. The second-order valence-electron chi connectivity index (χ2n) is 7.40. The molecule has 0 saturated carbocycles. The van der Waals surface area contributed by atoms with E-state index in [0.29, 0.717) is 11.5 Å². The molecule has 0 radical (unpaired) electrons. The molecule has 3 nitrogen and oxygen atoms in total. The number of nitrogens with zero attached hydrogens (tertiary/aromatic N) is 1. The van der Waals surface area contributed by atoms with Crippen LogP contribution in [0, 0.1) is 16.6 Å². The van der Waals surface area contributed by atoms with E-state index in [2.05, 4.69) is 102 Å². The van der Waals surface area contributed by atoms with Crippen LogP contribution in [-0.2, 0) is 4.74 Å². The highest BCUT2D eigenvalue weighted by molar-refractivity contribution is 14.1. The zero-order valence-corrected chi connectivity index (χ0v) is 20.4. The molecule has 0 spiro atoms. The fourth-order valence-electron chi connectivity index (χ4n) is 3.04. The first-order valence-electron chi connectivity index (χ1n) is 7.72. The predicted molar refractivity (Wildman–Crippen MR) is 119 cm³/mol. The molecule has 1 aliphatic heterocycles. The van der Waals surface area contributed by atoms with Gasteiger partial charge in [0, 0.05) is 29.5 Å². The molecule has 0 N–H and O–H groups in total. The molecule has 2 rings (SSSR count). The Kier molecular flexibility index (Phi) is 6.67. The van der Waals surface area contributed by atoms with Crippen LogP contribution in [0.4, 0.5) is 0 Å². The van der Waals surface area contributed by atoms with Gasteiger partial charge in [0.25, 0.3) is 0 Å². The van der Waals surface area contributed by atoms with E-state index in [4.69, 9.17) is 4.74 Å². The van der Waals surface area contributed by atoms with Crippen LogP contribution in [0.5, 0.6) is 0 Å². The summed E-state index contributed by atoms with van der Waals surface area (Å²) in [5.74, 6) is 0.229. The number of hydrogen-bond acceptors (Lipinski definition) is 2. The molecule has 1 aliphatic rings. The molecule has 23 heavy (non-hydrogen) atoms. The Bertz CT molecular complexity index is 604. The SMILES string of the molecule is CC(C)(OC(=O)c1cc(I)cc(I)c1I)C1CC[N+](C)(C)CC1.